The number of hydrogen-bond donors (Lipinski definition) is 1. The van der Waals surface area contributed by atoms with Crippen LogP contribution in [0.1, 0.15) is 31.9 Å². The van der Waals surface area contributed by atoms with E-state index in [1.165, 1.54) is 12.0 Å². The van der Waals surface area contributed by atoms with Crippen molar-refractivity contribution in [1.29, 1.82) is 0 Å². The van der Waals surface area contributed by atoms with Crippen molar-refractivity contribution in [3.05, 3.63) is 22.2 Å². The van der Waals surface area contributed by atoms with Gasteiger partial charge >= 0.3 is 0 Å². The Labute approximate surface area is 122 Å². The van der Waals surface area contributed by atoms with E-state index in [4.69, 9.17) is 9.47 Å². The number of hydrogen-bond acceptors (Lipinski definition) is 3. The first-order chi connectivity index (χ1) is 9.20. The van der Waals surface area contributed by atoms with Gasteiger partial charge in [0, 0.05) is 10.5 Å². The minimum absolute atomic E-state index is 0.408. The van der Waals surface area contributed by atoms with Crippen molar-refractivity contribution in [2.75, 3.05) is 19.8 Å². The Hall–Kier alpha value is -0.740. The molecule has 0 aromatic heterocycles. The van der Waals surface area contributed by atoms with Crippen LogP contribution in [0.4, 0.5) is 0 Å². The van der Waals surface area contributed by atoms with Crippen molar-refractivity contribution >= 4 is 15.9 Å². The molecule has 2 aliphatic rings. The predicted octanol–water partition coefficient (Wildman–Crippen LogP) is 3.53. The minimum atomic E-state index is 0.408. The van der Waals surface area contributed by atoms with E-state index in [1.807, 2.05) is 6.07 Å². The molecule has 3 nitrogen and oxygen atoms in total. The van der Waals surface area contributed by atoms with Gasteiger partial charge in [-0.3, -0.25) is 0 Å². The molecule has 19 heavy (non-hydrogen) atoms. The number of benzene rings is 1. The van der Waals surface area contributed by atoms with E-state index in [0.29, 0.717) is 19.3 Å². The molecule has 0 bridgehead atoms. The molecule has 4 heteroatoms. The fourth-order valence-corrected chi connectivity index (χ4v) is 3.41. The molecule has 0 amide bonds. The van der Waals surface area contributed by atoms with Crippen LogP contribution in [0.5, 0.6) is 11.5 Å². The molecule has 3 unspecified atom stereocenters. The standard InChI is InChI=1S/C15H20BrNO2/c1-3-17-15(10-6-9(10)2)11-7-13-14(8-12(11)16)19-5-4-18-13/h7-10,15,17H,3-6H2,1-2H3. The second kappa shape index (κ2) is 5.33. The highest BCUT2D eigenvalue weighted by Gasteiger charge is 2.40. The average molecular weight is 326 g/mol. The first kappa shape index (κ1) is 13.3. The topological polar surface area (TPSA) is 30.5 Å². The maximum Gasteiger partial charge on any atom is 0.162 e. The quantitative estimate of drug-likeness (QED) is 0.918. The van der Waals surface area contributed by atoms with Gasteiger partial charge in [0.15, 0.2) is 11.5 Å². The smallest absolute Gasteiger partial charge is 0.162 e. The first-order valence-electron chi connectivity index (χ1n) is 7.03. The van der Waals surface area contributed by atoms with Crippen molar-refractivity contribution in [3.63, 3.8) is 0 Å². The van der Waals surface area contributed by atoms with Gasteiger partial charge in [-0.25, -0.2) is 0 Å². The predicted molar refractivity (Wildman–Crippen MR) is 78.8 cm³/mol. The van der Waals surface area contributed by atoms with Crippen LogP contribution in [0.15, 0.2) is 16.6 Å². The second-order valence-corrected chi connectivity index (χ2v) is 6.28. The van der Waals surface area contributed by atoms with Crippen LogP contribution < -0.4 is 14.8 Å². The molecule has 0 spiro atoms. The summed E-state index contributed by atoms with van der Waals surface area (Å²) in [4.78, 5) is 0. The van der Waals surface area contributed by atoms with Gasteiger partial charge in [0.2, 0.25) is 0 Å². The minimum Gasteiger partial charge on any atom is -0.486 e. The van der Waals surface area contributed by atoms with Gasteiger partial charge in [-0.2, -0.15) is 0 Å². The molecule has 0 saturated heterocycles. The van der Waals surface area contributed by atoms with Crippen LogP contribution in [0.2, 0.25) is 0 Å². The van der Waals surface area contributed by atoms with Crippen LogP contribution in [0, 0.1) is 11.8 Å². The Morgan fingerprint density at radius 1 is 1.32 bits per heavy atom. The number of nitrogens with one attached hydrogen (secondary N) is 1. The molecule has 1 saturated carbocycles. The average Bonchev–Trinajstić information content (AvgIpc) is 3.12. The molecule has 0 radical (unpaired) electrons. The third-order valence-electron chi connectivity index (χ3n) is 4.02. The Bertz CT molecular complexity index is 477. The summed E-state index contributed by atoms with van der Waals surface area (Å²) in [7, 11) is 0. The lowest BCUT2D eigenvalue weighted by atomic mass is 10.0. The normalized spacial score (nSPS) is 26.1. The molecule has 1 aliphatic heterocycles. The van der Waals surface area contributed by atoms with Crippen LogP contribution in [-0.4, -0.2) is 19.8 Å². The van der Waals surface area contributed by atoms with Gasteiger partial charge in [-0.15, -0.1) is 0 Å². The summed E-state index contributed by atoms with van der Waals surface area (Å²) in [5.74, 6) is 3.27. The highest BCUT2D eigenvalue weighted by molar-refractivity contribution is 9.10. The van der Waals surface area contributed by atoms with Crippen LogP contribution in [-0.2, 0) is 0 Å². The summed E-state index contributed by atoms with van der Waals surface area (Å²) in [5.41, 5.74) is 1.29. The van der Waals surface area contributed by atoms with Gasteiger partial charge in [0.1, 0.15) is 13.2 Å². The van der Waals surface area contributed by atoms with E-state index in [2.05, 4.69) is 41.2 Å². The van der Waals surface area contributed by atoms with Crippen molar-refractivity contribution in [3.8, 4) is 11.5 Å². The molecule has 3 rings (SSSR count). The van der Waals surface area contributed by atoms with Crippen LogP contribution in [0.3, 0.4) is 0 Å². The molecule has 1 aromatic carbocycles. The van der Waals surface area contributed by atoms with E-state index in [9.17, 15) is 0 Å². The number of halogens is 1. The largest absolute Gasteiger partial charge is 0.486 e. The molecule has 104 valence electrons. The summed E-state index contributed by atoms with van der Waals surface area (Å²) in [5, 5.41) is 3.61. The summed E-state index contributed by atoms with van der Waals surface area (Å²) < 4.78 is 12.4. The van der Waals surface area contributed by atoms with E-state index >= 15 is 0 Å². The SMILES string of the molecule is CCNC(c1cc2c(cc1Br)OCCO2)C1CC1C. The molecule has 1 aliphatic carbocycles. The lowest BCUT2D eigenvalue weighted by Gasteiger charge is -2.24. The molecule has 3 atom stereocenters. The third-order valence-corrected chi connectivity index (χ3v) is 4.71. The maximum atomic E-state index is 5.70. The zero-order valence-corrected chi connectivity index (χ0v) is 13.0. The molecular weight excluding hydrogens is 306 g/mol. The Balaban J connectivity index is 1.93. The van der Waals surface area contributed by atoms with Gasteiger partial charge < -0.3 is 14.8 Å². The van der Waals surface area contributed by atoms with Crippen molar-refractivity contribution in [1.82, 2.24) is 5.32 Å². The van der Waals surface area contributed by atoms with E-state index in [0.717, 1.165) is 34.4 Å². The van der Waals surface area contributed by atoms with E-state index < -0.39 is 0 Å². The number of rotatable bonds is 4. The van der Waals surface area contributed by atoms with Gasteiger partial charge in [0.25, 0.3) is 0 Å². The zero-order valence-electron chi connectivity index (χ0n) is 11.4. The molecular formula is C15H20BrNO2. The van der Waals surface area contributed by atoms with E-state index in [-0.39, 0.29) is 0 Å². The fourth-order valence-electron chi connectivity index (χ4n) is 2.85. The number of ether oxygens (including phenoxy) is 2. The molecule has 1 N–H and O–H groups in total. The Kier molecular flexibility index (Phi) is 3.72. The monoisotopic (exact) mass is 325 g/mol. The Morgan fingerprint density at radius 2 is 1.95 bits per heavy atom. The Morgan fingerprint density at radius 3 is 2.53 bits per heavy atom. The first-order valence-corrected chi connectivity index (χ1v) is 7.82. The fraction of sp³-hybridized carbons (Fsp3) is 0.600. The van der Waals surface area contributed by atoms with Gasteiger partial charge in [0.05, 0.1) is 0 Å². The third kappa shape index (κ3) is 2.61. The molecule has 1 aromatic rings. The van der Waals surface area contributed by atoms with Crippen molar-refractivity contribution < 1.29 is 9.47 Å². The highest BCUT2D eigenvalue weighted by atomic mass is 79.9. The molecule has 1 heterocycles. The summed E-state index contributed by atoms with van der Waals surface area (Å²) in [6.45, 7) is 6.73. The van der Waals surface area contributed by atoms with Gasteiger partial charge in [-0.1, -0.05) is 29.8 Å². The van der Waals surface area contributed by atoms with Crippen LogP contribution >= 0.6 is 15.9 Å². The summed E-state index contributed by atoms with van der Waals surface area (Å²) in [6.07, 6.45) is 1.30. The second-order valence-electron chi connectivity index (χ2n) is 5.43. The van der Waals surface area contributed by atoms with Gasteiger partial charge in [-0.05, 0) is 42.5 Å². The lowest BCUT2D eigenvalue weighted by Crippen LogP contribution is -2.24. The van der Waals surface area contributed by atoms with E-state index in [1.54, 1.807) is 0 Å². The molecule has 1 fully saturated rings. The van der Waals surface area contributed by atoms with Crippen LogP contribution in [0.25, 0.3) is 0 Å². The van der Waals surface area contributed by atoms with Crippen molar-refractivity contribution in [2.45, 2.75) is 26.3 Å². The zero-order chi connectivity index (χ0) is 13.4. The summed E-state index contributed by atoms with van der Waals surface area (Å²) in [6, 6.07) is 4.59. The summed E-state index contributed by atoms with van der Waals surface area (Å²) >= 11 is 3.69. The lowest BCUT2D eigenvalue weighted by molar-refractivity contribution is 0.171. The number of fused-ring (bicyclic) bond motifs is 1. The maximum absolute atomic E-state index is 5.70. The highest BCUT2D eigenvalue weighted by Crippen LogP contribution is 2.49. The van der Waals surface area contributed by atoms with Crippen molar-refractivity contribution in [2.24, 2.45) is 11.8 Å².